The maximum absolute atomic E-state index is 15.1. The number of para-hydroxylation sites is 1. The molecule has 4 aromatic rings. The molecule has 4 aromatic carbocycles. The number of amides is 2. The fourth-order valence-corrected chi connectivity index (χ4v) is 9.23. The van der Waals surface area contributed by atoms with Crippen molar-refractivity contribution in [2.75, 3.05) is 12.0 Å². The van der Waals surface area contributed by atoms with E-state index in [0.717, 1.165) is 4.90 Å². The van der Waals surface area contributed by atoms with E-state index in [9.17, 15) is 24.7 Å². The summed E-state index contributed by atoms with van der Waals surface area (Å²) in [5.41, 5.74) is 1.44. The largest absolute Gasteiger partial charge is 0.504 e. The zero-order valence-corrected chi connectivity index (χ0v) is 27.7. The Bertz CT molecular complexity index is 2160. The van der Waals surface area contributed by atoms with Gasteiger partial charge in [-0.25, -0.2) is 0 Å². The highest BCUT2D eigenvalue weighted by atomic mass is 16.5. The third kappa shape index (κ3) is 4.77. The number of fused-ring (bicyclic) bond motifs is 4. The summed E-state index contributed by atoms with van der Waals surface area (Å²) in [5.74, 6) is -5.49. The number of ether oxygens (including phenoxy) is 1. The second-order valence-electron chi connectivity index (χ2n) is 13.7. The molecule has 6 atom stereocenters. The van der Waals surface area contributed by atoms with Crippen LogP contribution in [0.5, 0.6) is 11.5 Å². The number of anilines is 1. The number of aromatic hydroxyl groups is 1. The van der Waals surface area contributed by atoms with E-state index >= 15 is 9.59 Å². The third-order valence-corrected chi connectivity index (χ3v) is 11.4. The van der Waals surface area contributed by atoms with Gasteiger partial charge in [0, 0.05) is 23.0 Å². The normalized spacial score (nSPS) is 26.9. The summed E-state index contributed by atoms with van der Waals surface area (Å²) in [6.07, 6.45) is 3.67. The number of rotatable bonds is 6. The number of benzene rings is 4. The summed E-state index contributed by atoms with van der Waals surface area (Å²) in [6.45, 7) is 0. The lowest BCUT2D eigenvalue weighted by atomic mass is 9.44. The Hall–Kier alpha value is -5.58. The number of phenols is 1. The van der Waals surface area contributed by atoms with Crippen molar-refractivity contribution in [1.82, 2.24) is 0 Å². The molecule has 10 heteroatoms. The summed E-state index contributed by atoms with van der Waals surface area (Å²) in [7, 11) is -0.356. The molecule has 2 fully saturated rings. The minimum atomic E-state index is -1.80. The van der Waals surface area contributed by atoms with Gasteiger partial charge in [-0.3, -0.25) is 24.1 Å². The molecular weight excluding hydrogens is 645 g/mol. The minimum absolute atomic E-state index is 0.111. The van der Waals surface area contributed by atoms with E-state index in [1.807, 2.05) is 42.5 Å². The molecule has 254 valence electrons. The quantitative estimate of drug-likeness (QED) is 0.157. The first-order valence-corrected chi connectivity index (χ1v) is 17.0. The molecule has 1 heterocycles. The number of Topliss-reactive ketones (excluding diaryl/α,β-unsaturated/α-hetero) is 1. The Balaban J connectivity index is 1.36. The molecule has 1 aliphatic heterocycles. The number of imide groups is 1. The van der Waals surface area contributed by atoms with Crippen LogP contribution < -0.4 is 15.1 Å². The topological polar surface area (TPSA) is 141 Å². The van der Waals surface area contributed by atoms with Gasteiger partial charge in [-0.05, 0) is 59.6 Å². The van der Waals surface area contributed by atoms with Gasteiger partial charge >= 0.3 is 7.12 Å². The average Bonchev–Trinajstić information content (AvgIpc) is 3.42. The van der Waals surface area contributed by atoms with Crippen molar-refractivity contribution in [3.8, 4) is 11.5 Å². The number of nitrogens with zero attached hydrogens (tertiary/aromatic N) is 1. The van der Waals surface area contributed by atoms with E-state index in [2.05, 4.69) is 0 Å². The highest BCUT2D eigenvalue weighted by molar-refractivity contribution is 6.58. The van der Waals surface area contributed by atoms with Gasteiger partial charge < -0.3 is 19.9 Å². The smallest absolute Gasteiger partial charge is 0.488 e. The van der Waals surface area contributed by atoms with Crippen molar-refractivity contribution in [2.24, 2.45) is 23.7 Å². The van der Waals surface area contributed by atoms with Crippen LogP contribution in [0.4, 0.5) is 5.69 Å². The Morgan fingerprint density at radius 3 is 2.24 bits per heavy atom. The molecule has 1 saturated carbocycles. The summed E-state index contributed by atoms with van der Waals surface area (Å²) < 4.78 is 5.53. The number of methoxy groups -OCH3 is 1. The molecule has 1 saturated heterocycles. The molecule has 0 radical (unpaired) electrons. The van der Waals surface area contributed by atoms with E-state index in [0.29, 0.717) is 22.3 Å². The van der Waals surface area contributed by atoms with Gasteiger partial charge in [0.15, 0.2) is 23.1 Å². The van der Waals surface area contributed by atoms with E-state index in [4.69, 9.17) is 4.74 Å². The zero-order chi connectivity index (χ0) is 35.6. The SMILES string of the molecule is COc1cccc(C2C3=CCC4C(=O)N(c5cccc(B(O)O)c5)C(=O)C4C3CC3C(=O)C(c4ccccc4)=CC(=O)C32c2ccccc2)c1O. The summed E-state index contributed by atoms with van der Waals surface area (Å²) in [4.78, 5) is 59.9. The molecule has 0 bridgehead atoms. The maximum Gasteiger partial charge on any atom is 0.488 e. The highest BCUT2D eigenvalue weighted by Crippen LogP contribution is 2.65. The first-order valence-electron chi connectivity index (χ1n) is 17.0. The molecule has 6 unspecified atom stereocenters. The molecule has 3 N–H and O–H groups in total. The van der Waals surface area contributed by atoms with Gasteiger partial charge in [0.2, 0.25) is 11.8 Å². The number of hydrogen-bond donors (Lipinski definition) is 3. The Morgan fingerprint density at radius 1 is 0.824 bits per heavy atom. The van der Waals surface area contributed by atoms with Crippen molar-refractivity contribution in [1.29, 1.82) is 0 Å². The van der Waals surface area contributed by atoms with Gasteiger partial charge in [-0.15, -0.1) is 0 Å². The van der Waals surface area contributed by atoms with E-state index in [1.54, 1.807) is 54.6 Å². The van der Waals surface area contributed by atoms with E-state index in [-0.39, 0.29) is 52.6 Å². The van der Waals surface area contributed by atoms with Crippen LogP contribution in [0.1, 0.15) is 35.4 Å². The molecule has 51 heavy (non-hydrogen) atoms. The maximum atomic E-state index is 15.1. The van der Waals surface area contributed by atoms with Gasteiger partial charge in [0.05, 0.1) is 30.0 Å². The average molecular weight is 680 g/mol. The van der Waals surface area contributed by atoms with Crippen molar-refractivity contribution >= 4 is 47.2 Å². The predicted octanol–water partition coefficient (Wildman–Crippen LogP) is 4.11. The molecular formula is C41H34BNO8. The lowest BCUT2D eigenvalue weighted by Gasteiger charge is -2.55. The summed E-state index contributed by atoms with van der Waals surface area (Å²) in [6, 6.07) is 29.3. The van der Waals surface area contributed by atoms with Crippen molar-refractivity contribution in [2.45, 2.75) is 24.2 Å². The van der Waals surface area contributed by atoms with Crippen LogP contribution in [0.3, 0.4) is 0 Å². The number of hydrogen-bond acceptors (Lipinski definition) is 8. The summed E-state index contributed by atoms with van der Waals surface area (Å²) in [5, 5.41) is 31.4. The fraction of sp³-hybridized carbons (Fsp3) is 0.220. The van der Waals surface area contributed by atoms with Crippen LogP contribution in [-0.2, 0) is 24.6 Å². The van der Waals surface area contributed by atoms with Crippen molar-refractivity contribution in [3.63, 3.8) is 0 Å². The van der Waals surface area contributed by atoms with E-state index < -0.39 is 53.9 Å². The van der Waals surface area contributed by atoms with Crippen LogP contribution in [-0.4, -0.2) is 52.8 Å². The first kappa shape index (κ1) is 32.6. The molecule has 3 aliphatic carbocycles. The number of carbonyl (C=O) groups excluding carboxylic acids is 4. The lowest BCUT2D eigenvalue weighted by Crippen LogP contribution is -2.58. The number of allylic oxidation sites excluding steroid dienone is 4. The second kappa shape index (κ2) is 12.3. The van der Waals surface area contributed by atoms with Crippen LogP contribution in [0.25, 0.3) is 5.57 Å². The van der Waals surface area contributed by atoms with Crippen molar-refractivity contribution in [3.05, 3.63) is 138 Å². The second-order valence-corrected chi connectivity index (χ2v) is 13.7. The minimum Gasteiger partial charge on any atom is -0.504 e. The molecule has 4 aliphatic rings. The van der Waals surface area contributed by atoms with Gasteiger partial charge in [0.1, 0.15) is 0 Å². The van der Waals surface area contributed by atoms with Crippen LogP contribution >= 0.6 is 0 Å². The standard InChI is InChI=1S/C41H34BNO8/c1-51-33-17-9-16-29(38(33)46)36-27-18-19-28-35(40(48)43(39(28)47)26-15-8-14-25(20-26)42(49)50)31(27)21-32-37(45)30(23-10-4-2-5-11-23)22-34(44)41(32,36)24-12-6-3-7-13-24/h2-18,20,22,28,31-32,35-36,46,49-50H,19,21H2,1H3. The van der Waals surface area contributed by atoms with Crippen LogP contribution in [0.15, 0.2) is 121 Å². The van der Waals surface area contributed by atoms with Crippen LogP contribution in [0, 0.1) is 23.7 Å². The molecule has 9 nitrogen and oxygen atoms in total. The Kier molecular flexibility index (Phi) is 7.89. The fourth-order valence-electron chi connectivity index (χ4n) is 9.23. The Labute approximate surface area is 294 Å². The first-order chi connectivity index (χ1) is 24.7. The molecule has 8 rings (SSSR count). The number of phenolic OH excluding ortho intramolecular Hbond substituents is 1. The van der Waals surface area contributed by atoms with E-state index in [1.165, 1.54) is 25.3 Å². The van der Waals surface area contributed by atoms with Crippen molar-refractivity contribution < 1.29 is 39.1 Å². The van der Waals surface area contributed by atoms with Gasteiger partial charge in [0.25, 0.3) is 0 Å². The monoisotopic (exact) mass is 679 g/mol. The van der Waals surface area contributed by atoms with Gasteiger partial charge in [-0.2, -0.15) is 0 Å². The highest BCUT2D eigenvalue weighted by Gasteiger charge is 2.66. The third-order valence-electron chi connectivity index (χ3n) is 11.4. The molecule has 2 amide bonds. The van der Waals surface area contributed by atoms with Gasteiger partial charge in [-0.1, -0.05) is 96.6 Å². The Morgan fingerprint density at radius 2 is 1.53 bits per heavy atom. The molecule has 0 aromatic heterocycles. The lowest BCUT2D eigenvalue weighted by molar-refractivity contribution is -0.135. The number of carbonyl (C=O) groups is 4. The summed E-state index contributed by atoms with van der Waals surface area (Å²) >= 11 is 0. The zero-order valence-electron chi connectivity index (χ0n) is 27.7. The molecule has 0 spiro atoms. The predicted molar refractivity (Wildman–Crippen MR) is 190 cm³/mol. The van der Waals surface area contributed by atoms with Crippen LogP contribution in [0.2, 0.25) is 0 Å². The number of ketones is 2.